The summed E-state index contributed by atoms with van der Waals surface area (Å²) in [6, 6.07) is 0. The molecule has 2 aliphatic carbocycles. The number of unbranched alkanes of at least 4 members (excludes halogenated alkanes) is 1. The molecule has 2 fully saturated rings. The van der Waals surface area contributed by atoms with Crippen molar-refractivity contribution in [2.75, 3.05) is 13.2 Å². The van der Waals surface area contributed by atoms with E-state index in [0.29, 0.717) is 32.5 Å². The second-order valence-corrected chi connectivity index (χ2v) is 7.89. The van der Waals surface area contributed by atoms with Crippen LogP contribution in [0.5, 0.6) is 0 Å². The molecule has 5 heteroatoms. The number of Topliss-reactive ketones (excluding diaryl/α,β-unsaturated/α-hetero) is 1. The molecule has 2 rings (SSSR count). The molecule has 2 saturated carbocycles. The van der Waals surface area contributed by atoms with Gasteiger partial charge in [0.1, 0.15) is 5.78 Å². The maximum atomic E-state index is 12.7. The summed E-state index contributed by atoms with van der Waals surface area (Å²) in [7, 11) is 0. The molecule has 0 spiro atoms. The van der Waals surface area contributed by atoms with Gasteiger partial charge in [-0.3, -0.25) is 9.59 Å². The van der Waals surface area contributed by atoms with Crippen molar-refractivity contribution < 1.29 is 24.2 Å². The summed E-state index contributed by atoms with van der Waals surface area (Å²) in [5, 5.41) is 10.4. The summed E-state index contributed by atoms with van der Waals surface area (Å²) in [5.74, 6) is 0.0837. The molecule has 0 bridgehead atoms. The SMILES string of the molecule is CCCCOC(=O)CCCOC1CCC(C(=O)C2CCCCC2)C(O)C1. The van der Waals surface area contributed by atoms with Crippen molar-refractivity contribution in [1.82, 2.24) is 0 Å². The lowest BCUT2D eigenvalue weighted by atomic mass is 9.74. The fourth-order valence-corrected chi connectivity index (χ4v) is 4.15. The van der Waals surface area contributed by atoms with E-state index in [9.17, 15) is 14.7 Å². The van der Waals surface area contributed by atoms with Gasteiger partial charge < -0.3 is 14.6 Å². The molecule has 0 amide bonds. The number of ether oxygens (including phenoxy) is 2. The normalized spacial score (nSPS) is 27.2. The number of rotatable bonds is 10. The first-order chi connectivity index (χ1) is 12.6. The molecule has 3 atom stereocenters. The van der Waals surface area contributed by atoms with E-state index in [1.54, 1.807) is 0 Å². The summed E-state index contributed by atoms with van der Waals surface area (Å²) in [6.07, 6.45) is 9.95. The third-order valence-corrected chi connectivity index (χ3v) is 5.78. The Morgan fingerprint density at radius 3 is 2.46 bits per heavy atom. The highest BCUT2D eigenvalue weighted by molar-refractivity contribution is 5.84. The van der Waals surface area contributed by atoms with Crippen molar-refractivity contribution in [3.63, 3.8) is 0 Å². The predicted octanol–water partition coefficient (Wildman–Crippen LogP) is 3.81. The van der Waals surface area contributed by atoms with Gasteiger partial charge in [-0.25, -0.2) is 0 Å². The standard InChI is InChI=1S/C21H36O5/c1-2-3-13-26-20(23)10-7-14-25-17-11-12-18(19(22)15-17)21(24)16-8-5-4-6-9-16/h16-19,22H,2-15H2,1H3. The van der Waals surface area contributed by atoms with E-state index in [0.717, 1.165) is 51.4 Å². The van der Waals surface area contributed by atoms with E-state index in [2.05, 4.69) is 6.92 Å². The number of hydrogen-bond acceptors (Lipinski definition) is 5. The van der Waals surface area contributed by atoms with Crippen LogP contribution in [0.1, 0.15) is 84.0 Å². The van der Waals surface area contributed by atoms with Crippen molar-refractivity contribution in [3.05, 3.63) is 0 Å². The highest BCUT2D eigenvalue weighted by Gasteiger charge is 2.37. The van der Waals surface area contributed by atoms with Gasteiger partial charge in [0.25, 0.3) is 0 Å². The molecule has 0 aromatic carbocycles. The quantitative estimate of drug-likeness (QED) is 0.469. The van der Waals surface area contributed by atoms with E-state index in [-0.39, 0.29) is 29.7 Å². The van der Waals surface area contributed by atoms with Crippen LogP contribution < -0.4 is 0 Å². The third-order valence-electron chi connectivity index (χ3n) is 5.78. The van der Waals surface area contributed by atoms with Gasteiger partial charge in [-0.15, -0.1) is 0 Å². The monoisotopic (exact) mass is 368 g/mol. The van der Waals surface area contributed by atoms with Crippen LogP contribution in [0.3, 0.4) is 0 Å². The minimum atomic E-state index is -0.581. The Labute approximate surface area is 157 Å². The molecule has 0 aromatic rings. The van der Waals surface area contributed by atoms with E-state index in [1.807, 2.05) is 0 Å². The Morgan fingerprint density at radius 2 is 1.77 bits per heavy atom. The second kappa shape index (κ2) is 11.7. The highest BCUT2D eigenvalue weighted by atomic mass is 16.5. The topological polar surface area (TPSA) is 72.8 Å². The fourth-order valence-electron chi connectivity index (χ4n) is 4.15. The minimum absolute atomic E-state index is 0.00322. The van der Waals surface area contributed by atoms with Gasteiger partial charge >= 0.3 is 5.97 Å². The maximum absolute atomic E-state index is 12.7. The Balaban J connectivity index is 1.60. The summed E-state index contributed by atoms with van der Waals surface area (Å²) in [4.78, 5) is 24.2. The summed E-state index contributed by atoms with van der Waals surface area (Å²) < 4.78 is 10.9. The third kappa shape index (κ3) is 6.99. The molecular weight excluding hydrogens is 332 g/mol. The molecule has 0 aliphatic heterocycles. The van der Waals surface area contributed by atoms with Crippen LogP contribution in [0.25, 0.3) is 0 Å². The zero-order valence-corrected chi connectivity index (χ0v) is 16.3. The molecule has 150 valence electrons. The van der Waals surface area contributed by atoms with Crippen LogP contribution in [0.2, 0.25) is 0 Å². The lowest BCUT2D eigenvalue weighted by Crippen LogP contribution is -2.40. The molecule has 5 nitrogen and oxygen atoms in total. The van der Waals surface area contributed by atoms with Crippen LogP contribution in [-0.4, -0.2) is 42.3 Å². The van der Waals surface area contributed by atoms with Crippen LogP contribution in [-0.2, 0) is 19.1 Å². The number of carbonyl (C=O) groups is 2. The second-order valence-electron chi connectivity index (χ2n) is 7.89. The average molecular weight is 369 g/mol. The number of aliphatic hydroxyl groups excluding tert-OH is 1. The van der Waals surface area contributed by atoms with E-state index < -0.39 is 6.10 Å². The van der Waals surface area contributed by atoms with Crippen molar-refractivity contribution >= 4 is 11.8 Å². The van der Waals surface area contributed by atoms with Crippen LogP contribution in [0.15, 0.2) is 0 Å². The first-order valence-electron chi connectivity index (χ1n) is 10.6. The van der Waals surface area contributed by atoms with Gasteiger partial charge in [0.05, 0.1) is 18.8 Å². The van der Waals surface area contributed by atoms with Crippen LogP contribution in [0, 0.1) is 11.8 Å². The predicted molar refractivity (Wildman–Crippen MR) is 99.8 cm³/mol. The number of hydrogen-bond donors (Lipinski definition) is 1. The molecule has 2 aliphatic rings. The Kier molecular flexibility index (Phi) is 9.62. The smallest absolute Gasteiger partial charge is 0.305 e. The van der Waals surface area contributed by atoms with Gasteiger partial charge in [0.15, 0.2) is 0 Å². The van der Waals surface area contributed by atoms with Gasteiger partial charge in [-0.05, 0) is 38.5 Å². The Hall–Kier alpha value is -0.940. The highest BCUT2D eigenvalue weighted by Crippen LogP contribution is 2.33. The van der Waals surface area contributed by atoms with Gasteiger partial charge in [-0.1, -0.05) is 32.6 Å². The summed E-state index contributed by atoms with van der Waals surface area (Å²) >= 11 is 0. The lowest BCUT2D eigenvalue weighted by Gasteiger charge is -2.34. The molecule has 0 heterocycles. The molecule has 0 radical (unpaired) electrons. The van der Waals surface area contributed by atoms with Gasteiger partial charge in [-0.2, -0.15) is 0 Å². The van der Waals surface area contributed by atoms with Crippen molar-refractivity contribution in [2.45, 2.75) is 96.2 Å². The molecular formula is C21H36O5. The lowest BCUT2D eigenvalue weighted by molar-refractivity contribution is -0.144. The number of ketones is 1. The molecule has 1 N–H and O–H groups in total. The van der Waals surface area contributed by atoms with E-state index >= 15 is 0 Å². The minimum Gasteiger partial charge on any atom is -0.466 e. The van der Waals surface area contributed by atoms with Crippen molar-refractivity contribution in [3.8, 4) is 0 Å². The van der Waals surface area contributed by atoms with Crippen LogP contribution in [0.4, 0.5) is 0 Å². The van der Waals surface area contributed by atoms with E-state index in [1.165, 1.54) is 6.42 Å². The molecule has 26 heavy (non-hydrogen) atoms. The largest absolute Gasteiger partial charge is 0.466 e. The molecule has 0 saturated heterocycles. The zero-order chi connectivity index (χ0) is 18.8. The van der Waals surface area contributed by atoms with Crippen LogP contribution >= 0.6 is 0 Å². The Morgan fingerprint density at radius 1 is 1.00 bits per heavy atom. The van der Waals surface area contributed by atoms with Gasteiger partial charge in [0.2, 0.25) is 0 Å². The summed E-state index contributed by atoms with van der Waals surface area (Å²) in [5.41, 5.74) is 0. The molecule has 3 unspecified atom stereocenters. The first-order valence-corrected chi connectivity index (χ1v) is 10.6. The Bertz CT molecular complexity index is 430. The number of aliphatic hydroxyl groups is 1. The van der Waals surface area contributed by atoms with E-state index in [4.69, 9.17) is 9.47 Å². The number of esters is 1. The van der Waals surface area contributed by atoms with Gasteiger partial charge in [0, 0.05) is 31.3 Å². The first kappa shape index (κ1) is 21.4. The maximum Gasteiger partial charge on any atom is 0.305 e. The number of carbonyl (C=O) groups excluding carboxylic acids is 2. The fraction of sp³-hybridized carbons (Fsp3) is 0.905. The van der Waals surface area contributed by atoms with Crippen molar-refractivity contribution in [2.24, 2.45) is 11.8 Å². The van der Waals surface area contributed by atoms with Crippen molar-refractivity contribution in [1.29, 1.82) is 0 Å². The average Bonchev–Trinajstić information content (AvgIpc) is 2.66. The summed E-state index contributed by atoms with van der Waals surface area (Å²) in [6.45, 7) is 3.07. The zero-order valence-electron chi connectivity index (χ0n) is 16.3. The molecule has 0 aromatic heterocycles.